The van der Waals surface area contributed by atoms with Gasteiger partial charge in [-0.15, -0.1) is 0 Å². The molecule has 0 spiro atoms. The van der Waals surface area contributed by atoms with Gasteiger partial charge in [0.25, 0.3) is 5.91 Å². The standard InChI is InChI=1S/C13H13F2NO3/c14-10-4-9(5-11(15)6-10)12(17)16-3-1-2-8(7-16)13(18)19/h4-6,8H,1-3,7H2,(H,18,19)/t8-/m1/s1. The molecule has 0 unspecified atom stereocenters. The molecule has 102 valence electrons. The molecule has 1 aromatic carbocycles. The Morgan fingerprint density at radius 3 is 2.42 bits per heavy atom. The van der Waals surface area contributed by atoms with Crippen LogP contribution in [0.5, 0.6) is 0 Å². The van der Waals surface area contributed by atoms with E-state index in [1.54, 1.807) is 0 Å². The molecule has 4 nitrogen and oxygen atoms in total. The number of aliphatic carboxylic acids is 1. The Kier molecular flexibility index (Phi) is 3.78. The van der Waals surface area contributed by atoms with Crippen molar-refractivity contribution in [3.05, 3.63) is 35.4 Å². The highest BCUT2D eigenvalue weighted by Crippen LogP contribution is 2.19. The summed E-state index contributed by atoms with van der Waals surface area (Å²) in [6.07, 6.45) is 1.08. The van der Waals surface area contributed by atoms with Gasteiger partial charge in [-0.1, -0.05) is 0 Å². The Hall–Kier alpha value is -1.98. The first-order valence-electron chi connectivity index (χ1n) is 5.95. The number of amides is 1. The first-order valence-corrected chi connectivity index (χ1v) is 5.95. The van der Waals surface area contributed by atoms with Gasteiger partial charge in [0.05, 0.1) is 5.92 Å². The maximum absolute atomic E-state index is 13.1. The monoisotopic (exact) mass is 269 g/mol. The van der Waals surface area contributed by atoms with E-state index in [2.05, 4.69) is 0 Å². The van der Waals surface area contributed by atoms with E-state index in [1.165, 1.54) is 4.90 Å². The number of hydrogen-bond acceptors (Lipinski definition) is 2. The van der Waals surface area contributed by atoms with Crippen LogP contribution in [0.1, 0.15) is 23.2 Å². The number of carbonyl (C=O) groups excluding carboxylic acids is 1. The molecule has 0 aromatic heterocycles. The molecule has 1 aliphatic rings. The number of nitrogens with zero attached hydrogens (tertiary/aromatic N) is 1. The van der Waals surface area contributed by atoms with E-state index in [1.807, 2.05) is 0 Å². The molecule has 1 aromatic rings. The maximum Gasteiger partial charge on any atom is 0.308 e. The van der Waals surface area contributed by atoms with E-state index in [0.29, 0.717) is 25.5 Å². The molecule has 1 fully saturated rings. The summed E-state index contributed by atoms with van der Waals surface area (Å²) >= 11 is 0. The molecular weight excluding hydrogens is 256 g/mol. The lowest BCUT2D eigenvalue weighted by molar-refractivity contribution is -0.143. The van der Waals surface area contributed by atoms with Gasteiger partial charge in [0, 0.05) is 24.7 Å². The number of carboxylic acid groups (broad SMARTS) is 1. The van der Waals surface area contributed by atoms with Gasteiger partial charge >= 0.3 is 5.97 Å². The third-order valence-electron chi connectivity index (χ3n) is 3.17. The molecule has 1 atom stereocenters. The van der Waals surface area contributed by atoms with Crippen LogP contribution in [0.4, 0.5) is 8.78 Å². The van der Waals surface area contributed by atoms with E-state index < -0.39 is 29.4 Å². The molecule has 1 saturated heterocycles. The van der Waals surface area contributed by atoms with E-state index in [4.69, 9.17) is 5.11 Å². The SMILES string of the molecule is O=C(O)[C@@H]1CCCN(C(=O)c2cc(F)cc(F)c2)C1. The summed E-state index contributed by atoms with van der Waals surface area (Å²) in [6, 6.07) is 2.60. The van der Waals surface area contributed by atoms with Gasteiger partial charge in [-0.3, -0.25) is 9.59 Å². The number of benzene rings is 1. The molecule has 0 radical (unpaired) electrons. The molecule has 1 heterocycles. The predicted octanol–water partition coefficient (Wildman–Crippen LogP) is 1.90. The highest BCUT2D eigenvalue weighted by Gasteiger charge is 2.28. The van der Waals surface area contributed by atoms with Crippen LogP contribution in [0.2, 0.25) is 0 Å². The summed E-state index contributed by atoms with van der Waals surface area (Å²) in [5, 5.41) is 8.94. The van der Waals surface area contributed by atoms with Crippen LogP contribution in [-0.2, 0) is 4.79 Å². The van der Waals surface area contributed by atoms with Gasteiger partial charge in [-0.2, -0.15) is 0 Å². The molecule has 1 N–H and O–H groups in total. The second kappa shape index (κ2) is 5.34. The van der Waals surface area contributed by atoms with E-state index >= 15 is 0 Å². The molecule has 1 aliphatic heterocycles. The van der Waals surface area contributed by atoms with Gasteiger partial charge in [0.2, 0.25) is 0 Å². The molecule has 0 bridgehead atoms. The van der Waals surface area contributed by atoms with Crippen molar-refractivity contribution in [2.45, 2.75) is 12.8 Å². The van der Waals surface area contributed by atoms with Crippen LogP contribution < -0.4 is 0 Å². The van der Waals surface area contributed by atoms with Crippen LogP contribution >= 0.6 is 0 Å². The highest BCUT2D eigenvalue weighted by molar-refractivity contribution is 5.94. The Balaban J connectivity index is 2.16. The zero-order valence-corrected chi connectivity index (χ0v) is 10.1. The number of likely N-dealkylation sites (tertiary alicyclic amines) is 1. The fourth-order valence-corrected chi connectivity index (χ4v) is 2.22. The van der Waals surface area contributed by atoms with Crippen LogP contribution in [0.3, 0.4) is 0 Å². The first kappa shape index (κ1) is 13.5. The fourth-order valence-electron chi connectivity index (χ4n) is 2.22. The Morgan fingerprint density at radius 2 is 1.84 bits per heavy atom. The largest absolute Gasteiger partial charge is 0.481 e. The second-order valence-corrected chi connectivity index (χ2v) is 4.59. The summed E-state index contributed by atoms with van der Waals surface area (Å²) < 4.78 is 26.1. The number of halogens is 2. The summed E-state index contributed by atoms with van der Waals surface area (Å²) in [7, 11) is 0. The number of hydrogen-bond donors (Lipinski definition) is 1. The summed E-state index contributed by atoms with van der Waals surface area (Å²) in [4.78, 5) is 24.3. The highest BCUT2D eigenvalue weighted by atomic mass is 19.1. The van der Waals surface area contributed by atoms with Gasteiger partial charge in [-0.05, 0) is 25.0 Å². The number of rotatable bonds is 2. The van der Waals surface area contributed by atoms with Crippen molar-refractivity contribution in [1.29, 1.82) is 0 Å². The second-order valence-electron chi connectivity index (χ2n) is 4.59. The average molecular weight is 269 g/mol. The van der Waals surface area contributed by atoms with Crippen molar-refractivity contribution in [2.24, 2.45) is 5.92 Å². The zero-order valence-electron chi connectivity index (χ0n) is 10.1. The zero-order chi connectivity index (χ0) is 14.0. The van der Waals surface area contributed by atoms with E-state index in [0.717, 1.165) is 12.1 Å². The molecule has 19 heavy (non-hydrogen) atoms. The average Bonchev–Trinajstić information content (AvgIpc) is 2.37. The molecule has 1 amide bonds. The summed E-state index contributed by atoms with van der Waals surface area (Å²) in [5.74, 6) is -3.76. The van der Waals surface area contributed by atoms with E-state index in [9.17, 15) is 18.4 Å². The Labute approximate surface area is 108 Å². The van der Waals surface area contributed by atoms with Crippen molar-refractivity contribution >= 4 is 11.9 Å². The summed E-state index contributed by atoms with van der Waals surface area (Å²) in [6.45, 7) is 0.479. The van der Waals surface area contributed by atoms with Crippen LogP contribution in [0.25, 0.3) is 0 Å². The van der Waals surface area contributed by atoms with Gasteiger partial charge < -0.3 is 10.0 Å². The van der Waals surface area contributed by atoms with Crippen molar-refractivity contribution in [1.82, 2.24) is 4.90 Å². The maximum atomic E-state index is 13.1. The van der Waals surface area contributed by atoms with Crippen molar-refractivity contribution in [2.75, 3.05) is 13.1 Å². The molecular formula is C13H13F2NO3. The minimum absolute atomic E-state index is 0.0757. The minimum Gasteiger partial charge on any atom is -0.481 e. The van der Waals surface area contributed by atoms with Gasteiger partial charge in [-0.25, -0.2) is 8.78 Å². The quantitative estimate of drug-likeness (QED) is 0.892. The Bertz CT molecular complexity index is 498. The number of piperidine rings is 1. The smallest absolute Gasteiger partial charge is 0.308 e. The summed E-state index contributed by atoms with van der Waals surface area (Å²) in [5.41, 5.74) is -0.0939. The molecule has 0 aliphatic carbocycles. The number of carbonyl (C=O) groups is 2. The van der Waals surface area contributed by atoms with Gasteiger partial charge in [0.1, 0.15) is 11.6 Å². The van der Waals surface area contributed by atoms with Crippen LogP contribution in [0, 0.1) is 17.6 Å². The topological polar surface area (TPSA) is 57.6 Å². The van der Waals surface area contributed by atoms with E-state index in [-0.39, 0.29) is 12.1 Å². The lowest BCUT2D eigenvalue weighted by atomic mass is 9.97. The number of carboxylic acids is 1. The third kappa shape index (κ3) is 3.07. The molecule has 2 rings (SSSR count). The molecule has 0 saturated carbocycles. The third-order valence-corrected chi connectivity index (χ3v) is 3.17. The van der Waals surface area contributed by atoms with Crippen LogP contribution in [-0.4, -0.2) is 35.0 Å². The lowest BCUT2D eigenvalue weighted by Crippen LogP contribution is -2.42. The Morgan fingerprint density at radius 1 is 1.21 bits per heavy atom. The van der Waals surface area contributed by atoms with Crippen molar-refractivity contribution in [3.8, 4) is 0 Å². The minimum atomic E-state index is -0.956. The van der Waals surface area contributed by atoms with Crippen molar-refractivity contribution < 1.29 is 23.5 Å². The van der Waals surface area contributed by atoms with Crippen molar-refractivity contribution in [3.63, 3.8) is 0 Å². The van der Waals surface area contributed by atoms with Gasteiger partial charge in [0.15, 0.2) is 0 Å². The van der Waals surface area contributed by atoms with Crippen LogP contribution in [0.15, 0.2) is 18.2 Å². The fraction of sp³-hybridized carbons (Fsp3) is 0.385. The lowest BCUT2D eigenvalue weighted by Gasteiger charge is -2.30. The normalized spacial score (nSPS) is 19.3. The first-order chi connectivity index (χ1) is 8.97. The molecule has 6 heteroatoms. The predicted molar refractivity (Wildman–Crippen MR) is 62.6 cm³/mol.